The van der Waals surface area contributed by atoms with Gasteiger partial charge in [0.15, 0.2) is 11.8 Å². The zero-order valence-corrected chi connectivity index (χ0v) is 12.5. The summed E-state index contributed by atoms with van der Waals surface area (Å²) in [7, 11) is 1.73. The minimum atomic E-state index is 0. The standard InChI is InChI=1S/C10H18N6.HI/c1-4-6-12-10(11-3)13-7-9-15-14-8-16(9)5-2;/h4,8H,1,5-7H2,2-3H3,(H2,11,12,13);1H. The summed E-state index contributed by atoms with van der Waals surface area (Å²) in [6, 6.07) is 0. The van der Waals surface area contributed by atoms with Crippen LogP contribution >= 0.6 is 24.0 Å². The third-order valence-electron chi connectivity index (χ3n) is 2.09. The van der Waals surface area contributed by atoms with Gasteiger partial charge in [-0.05, 0) is 6.92 Å². The van der Waals surface area contributed by atoms with Crippen LogP contribution in [-0.2, 0) is 13.1 Å². The lowest BCUT2D eigenvalue weighted by atomic mass is 10.5. The summed E-state index contributed by atoms with van der Waals surface area (Å²) in [6.07, 6.45) is 3.50. The molecule has 0 aliphatic heterocycles. The van der Waals surface area contributed by atoms with Gasteiger partial charge in [-0.3, -0.25) is 4.99 Å². The molecular weight excluding hydrogens is 331 g/mol. The van der Waals surface area contributed by atoms with Crippen LogP contribution in [-0.4, -0.2) is 34.3 Å². The molecule has 6 nitrogen and oxygen atoms in total. The van der Waals surface area contributed by atoms with Crippen molar-refractivity contribution in [3.8, 4) is 0 Å². The molecule has 1 aromatic heterocycles. The molecule has 0 saturated heterocycles. The topological polar surface area (TPSA) is 67.1 Å². The van der Waals surface area contributed by atoms with Crippen molar-refractivity contribution in [3.63, 3.8) is 0 Å². The highest BCUT2D eigenvalue weighted by Crippen LogP contribution is 1.93. The Morgan fingerprint density at radius 2 is 2.35 bits per heavy atom. The van der Waals surface area contributed by atoms with Crippen LogP contribution in [0.2, 0.25) is 0 Å². The molecule has 2 N–H and O–H groups in total. The third kappa shape index (κ3) is 5.16. The van der Waals surface area contributed by atoms with Gasteiger partial charge in [-0.15, -0.1) is 40.8 Å². The molecule has 7 heteroatoms. The molecule has 0 aliphatic carbocycles. The van der Waals surface area contributed by atoms with Gasteiger partial charge in [0.1, 0.15) is 6.33 Å². The molecule has 96 valence electrons. The Morgan fingerprint density at radius 3 is 2.94 bits per heavy atom. The summed E-state index contributed by atoms with van der Waals surface area (Å²) in [5.74, 6) is 1.62. The smallest absolute Gasteiger partial charge is 0.191 e. The van der Waals surface area contributed by atoms with Gasteiger partial charge in [-0.1, -0.05) is 6.08 Å². The lowest BCUT2D eigenvalue weighted by Crippen LogP contribution is -2.37. The fourth-order valence-electron chi connectivity index (χ4n) is 1.23. The summed E-state index contributed by atoms with van der Waals surface area (Å²) in [6.45, 7) is 7.83. The highest BCUT2D eigenvalue weighted by Gasteiger charge is 2.03. The summed E-state index contributed by atoms with van der Waals surface area (Å²) in [5, 5.41) is 14.1. The van der Waals surface area contributed by atoms with Crippen LogP contribution < -0.4 is 10.6 Å². The average Bonchev–Trinajstić information content (AvgIpc) is 2.77. The second kappa shape index (κ2) is 8.97. The van der Waals surface area contributed by atoms with Crippen LogP contribution in [0, 0.1) is 0 Å². The van der Waals surface area contributed by atoms with Gasteiger partial charge in [0.2, 0.25) is 0 Å². The minimum Gasteiger partial charge on any atom is -0.353 e. The Hall–Kier alpha value is -1.12. The van der Waals surface area contributed by atoms with Crippen molar-refractivity contribution in [1.29, 1.82) is 0 Å². The number of nitrogens with zero attached hydrogens (tertiary/aromatic N) is 4. The molecule has 0 atom stereocenters. The van der Waals surface area contributed by atoms with E-state index in [-0.39, 0.29) is 24.0 Å². The van der Waals surface area contributed by atoms with E-state index in [0.717, 1.165) is 18.3 Å². The maximum absolute atomic E-state index is 4.07. The van der Waals surface area contributed by atoms with E-state index >= 15 is 0 Å². The molecule has 1 heterocycles. The van der Waals surface area contributed by atoms with Crippen LogP contribution in [0.3, 0.4) is 0 Å². The number of guanidine groups is 1. The fraction of sp³-hybridized carbons (Fsp3) is 0.500. The molecule has 17 heavy (non-hydrogen) atoms. The van der Waals surface area contributed by atoms with E-state index in [2.05, 4.69) is 39.3 Å². The highest BCUT2D eigenvalue weighted by atomic mass is 127. The first-order chi connectivity index (χ1) is 7.81. The van der Waals surface area contributed by atoms with Crippen molar-refractivity contribution in [2.75, 3.05) is 13.6 Å². The van der Waals surface area contributed by atoms with Gasteiger partial charge >= 0.3 is 0 Å². The first-order valence-electron chi connectivity index (χ1n) is 5.23. The number of halogens is 1. The number of hydrogen-bond donors (Lipinski definition) is 2. The molecule has 0 bridgehead atoms. The van der Waals surface area contributed by atoms with Crippen molar-refractivity contribution in [3.05, 3.63) is 24.8 Å². The van der Waals surface area contributed by atoms with Crippen LogP contribution in [0.1, 0.15) is 12.7 Å². The van der Waals surface area contributed by atoms with Gasteiger partial charge in [0, 0.05) is 20.1 Å². The first-order valence-corrected chi connectivity index (χ1v) is 5.23. The van der Waals surface area contributed by atoms with Crippen LogP contribution in [0.25, 0.3) is 0 Å². The Labute approximate surface area is 119 Å². The molecule has 0 aromatic carbocycles. The van der Waals surface area contributed by atoms with E-state index in [0.29, 0.717) is 13.1 Å². The summed E-state index contributed by atoms with van der Waals surface area (Å²) < 4.78 is 1.98. The van der Waals surface area contributed by atoms with Crippen LogP contribution in [0.5, 0.6) is 0 Å². The van der Waals surface area contributed by atoms with E-state index in [1.54, 1.807) is 19.5 Å². The molecule has 0 fully saturated rings. The zero-order valence-electron chi connectivity index (χ0n) is 10.2. The molecule has 0 saturated carbocycles. The number of hydrogen-bond acceptors (Lipinski definition) is 3. The van der Waals surface area contributed by atoms with Gasteiger partial charge in [-0.2, -0.15) is 0 Å². The van der Waals surface area contributed by atoms with E-state index in [9.17, 15) is 0 Å². The number of aromatic nitrogens is 3. The second-order valence-corrected chi connectivity index (χ2v) is 3.13. The molecule has 0 spiro atoms. The lowest BCUT2D eigenvalue weighted by Gasteiger charge is -2.10. The average molecular weight is 350 g/mol. The molecule has 0 amide bonds. The van der Waals surface area contributed by atoms with Gasteiger partial charge in [0.25, 0.3) is 0 Å². The largest absolute Gasteiger partial charge is 0.353 e. The zero-order chi connectivity index (χ0) is 11.8. The Balaban J connectivity index is 0.00000256. The SMILES string of the molecule is C=CCNC(=NC)NCc1nncn1CC.I. The maximum atomic E-state index is 4.07. The first kappa shape index (κ1) is 15.9. The Kier molecular flexibility index (Phi) is 8.38. The highest BCUT2D eigenvalue weighted by molar-refractivity contribution is 14.0. The lowest BCUT2D eigenvalue weighted by molar-refractivity contribution is 0.672. The monoisotopic (exact) mass is 350 g/mol. The van der Waals surface area contributed by atoms with Crippen molar-refractivity contribution >= 4 is 29.9 Å². The molecular formula is C10H19IN6. The Morgan fingerprint density at radius 1 is 1.59 bits per heavy atom. The van der Waals surface area contributed by atoms with E-state index < -0.39 is 0 Å². The molecule has 1 rings (SSSR count). The quantitative estimate of drug-likeness (QED) is 0.356. The van der Waals surface area contributed by atoms with Gasteiger partial charge in [-0.25, -0.2) is 0 Å². The van der Waals surface area contributed by atoms with Crippen molar-refractivity contribution < 1.29 is 0 Å². The molecule has 0 unspecified atom stereocenters. The predicted octanol–water partition coefficient (Wildman–Crippen LogP) is 0.767. The third-order valence-corrected chi connectivity index (χ3v) is 2.09. The van der Waals surface area contributed by atoms with Crippen LogP contribution in [0.4, 0.5) is 0 Å². The normalized spacial score (nSPS) is 10.6. The number of rotatable bonds is 5. The number of aryl methyl sites for hydroxylation is 1. The summed E-state index contributed by atoms with van der Waals surface area (Å²) in [5.41, 5.74) is 0. The minimum absolute atomic E-state index is 0. The van der Waals surface area contributed by atoms with Crippen molar-refractivity contribution in [2.24, 2.45) is 4.99 Å². The van der Waals surface area contributed by atoms with Crippen molar-refractivity contribution in [2.45, 2.75) is 20.0 Å². The van der Waals surface area contributed by atoms with Gasteiger partial charge in [0.05, 0.1) is 6.54 Å². The van der Waals surface area contributed by atoms with Crippen molar-refractivity contribution in [1.82, 2.24) is 25.4 Å². The second-order valence-electron chi connectivity index (χ2n) is 3.13. The fourth-order valence-corrected chi connectivity index (χ4v) is 1.23. The molecule has 0 aliphatic rings. The summed E-state index contributed by atoms with van der Waals surface area (Å²) >= 11 is 0. The van der Waals surface area contributed by atoms with E-state index in [4.69, 9.17) is 0 Å². The van der Waals surface area contributed by atoms with E-state index in [1.165, 1.54) is 0 Å². The molecule has 1 aromatic rings. The predicted molar refractivity (Wildman–Crippen MR) is 79.5 cm³/mol. The molecule has 0 radical (unpaired) electrons. The summed E-state index contributed by atoms with van der Waals surface area (Å²) in [4.78, 5) is 4.07. The Bertz CT molecular complexity index is 359. The maximum Gasteiger partial charge on any atom is 0.191 e. The van der Waals surface area contributed by atoms with Gasteiger partial charge < -0.3 is 15.2 Å². The number of nitrogens with one attached hydrogen (secondary N) is 2. The number of aliphatic imine (C=N–C) groups is 1. The van der Waals surface area contributed by atoms with E-state index in [1.807, 2.05) is 4.57 Å². The van der Waals surface area contributed by atoms with Crippen LogP contribution in [0.15, 0.2) is 24.0 Å².